The number of nitrogens with zero attached hydrogens (tertiary/aromatic N) is 1. The highest BCUT2D eigenvalue weighted by Crippen LogP contribution is 2.25. The summed E-state index contributed by atoms with van der Waals surface area (Å²) in [5.74, 6) is 1.84. The van der Waals surface area contributed by atoms with Gasteiger partial charge in [-0.3, -0.25) is 5.32 Å². The Morgan fingerprint density at radius 3 is 2.69 bits per heavy atom. The highest BCUT2D eigenvalue weighted by atomic mass is 15.1. The van der Waals surface area contributed by atoms with Gasteiger partial charge >= 0.3 is 0 Å². The number of aromatic amines is 1. The van der Waals surface area contributed by atoms with Crippen molar-refractivity contribution in [3.05, 3.63) is 52.6 Å². The van der Waals surface area contributed by atoms with Crippen LogP contribution in [0, 0.1) is 11.3 Å². The molecular formula is C20H29N6+3. The molecule has 6 nitrogen and oxygen atoms in total. The van der Waals surface area contributed by atoms with Crippen LogP contribution in [-0.4, -0.2) is 26.2 Å². The Labute approximate surface area is 155 Å². The Morgan fingerprint density at radius 1 is 1.19 bits per heavy atom. The molecule has 3 rings (SSSR count). The van der Waals surface area contributed by atoms with E-state index in [1.54, 1.807) is 4.90 Å². The summed E-state index contributed by atoms with van der Waals surface area (Å²) in [6.07, 6.45) is 0.940. The van der Waals surface area contributed by atoms with Crippen LogP contribution in [0.1, 0.15) is 29.2 Å². The molecule has 1 aliphatic rings. The first-order valence-electron chi connectivity index (χ1n) is 9.42. The maximum atomic E-state index is 9.74. The van der Waals surface area contributed by atoms with Gasteiger partial charge in [0.25, 0.3) is 0 Å². The van der Waals surface area contributed by atoms with E-state index in [1.165, 1.54) is 16.7 Å². The molecule has 1 aliphatic heterocycles. The van der Waals surface area contributed by atoms with E-state index < -0.39 is 0 Å². The fourth-order valence-electron chi connectivity index (χ4n) is 3.54. The molecule has 0 spiro atoms. The van der Waals surface area contributed by atoms with E-state index in [1.807, 2.05) is 6.07 Å². The van der Waals surface area contributed by atoms with Crippen LogP contribution in [0.4, 0.5) is 11.6 Å². The van der Waals surface area contributed by atoms with Gasteiger partial charge in [-0.25, -0.2) is 4.98 Å². The molecule has 0 fully saturated rings. The minimum atomic E-state index is 0.744. The number of H-pyrrole nitrogens is 1. The Balaban J connectivity index is 1.96. The average Bonchev–Trinajstić information content (AvgIpc) is 2.70. The van der Waals surface area contributed by atoms with Crippen molar-refractivity contribution in [2.75, 3.05) is 36.8 Å². The zero-order valence-electron chi connectivity index (χ0n) is 15.5. The summed E-state index contributed by atoms with van der Waals surface area (Å²) in [6.45, 7) is 7.62. The molecule has 1 unspecified atom stereocenters. The summed E-state index contributed by atoms with van der Waals surface area (Å²) in [6, 6.07) is 12.8. The van der Waals surface area contributed by atoms with Crippen molar-refractivity contribution >= 4 is 11.6 Å². The summed E-state index contributed by atoms with van der Waals surface area (Å²) >= 11 is 0. The number of likely N-dealkylation sites (N-methyl/N-ethyl adjacent to an activating group) is 1. The van der Waals surface area contributed by atoms with Crippen molar-refractivity contribution in [1.29, 1.82) is 5.26 Å². The summed E-state index contributed by atoms with van der Waals surface area (Å²) in [5, 5.41) is 16.7. The number of anilines is 2. The fraction of sp³-hybridized carbons (Fsp3) is 0.400. The first kappa shape index (κ1) is 18.2. The highest BCUT2D eigenvalue weighted by molar-refractivity contribution is 5.60. The number of pyridine rings is 1. The number of rotatable bonds is 7. The molecule has 6 heteroatoms. The van der Waals surface area contributed by atoms with Crippen molar-refractivity contribution < 1.29 is 15.6 Å². The normalized spacial score (nSPS) is 15.8. The highest BCUT2D eigenvalue weighted by Gasteiger charge is 2.29. The molecule has 0 amide bonds. The largest absolute Gasteiger partial charge is 0.355 e. The SMILES string of the molecule is CC[NH+]1CCc2c(C#N)c(NCC[NH3+])[nH+]c(NCc3ccccc3)c2C1. The zero-order chi connectivity index (χ0) is 18.4. The number of aromatic nitrogens is 1. The molecule has 0 saturated heterocycles. The lowest BCUT2D eigenvalue weighted by Gasteiger charge is -2.26. The molecule has 7 N–H and O–H groups in total. The average molecular weight is 353 g/mol. The van der Waals surface area contributed by atoms with Gasteiger partial charge in [-0.05, 0) is 18.1 Å². The smallest absolute Gasteiger partial charge is 0.237 e. The number of fused-ring (bicyclic) bond motifs is 1. The van der Waals surface area contributed by atoms with E-state index in [9.17, 15) is 5.26 Å². The number of hydrogen-bond acceptors (Lipinski definition) is 3. The van der Waals surface area contributed by atoms with E-state index in [-0.39, 0.29) is 0 Å². The van der Waals surface area contributed by atoms with E-state index in [4.69, 9.17) is 0 Å². The molecule has 26 heavy (non-hydrogen) atoms. The Morgan fingerprint density at radius 2 is 2.00 bits per heavy atom. The van der Waals surface area contributed by atoms with E-state index in [0.717, 1.165) is 62.9 Å². The van der Waals surface area contributed by atoms with Gasteiger partial charge in [-0.1, -0.05) is 30.3 Å². The Bertz CT molecular complexity index is 781. The Kier molecular flexibility index (Phi) is 6.05. The standard InChI is InChI=1S/C20H26N6/c1-2-26-11-8-16-17(12-22)19(23-10-9-21)25-20(18(16)14-26)24-13-15-6-4-3-5-7-15/h3-7H,2,8-11,13-14,21H2,1H3,(H2,23,24,25)/p+3. The number of nitrogens with one attached hydrogen (secondary N) is 4. The number of quaternary nitrogens is 2. The molecule has 136 valence electrons. The van der Waals surface area contributed by atoms with E-state index in [0.29, 0.717) is 0 Å². The first-order chi connectivity index (χ1) is 12.8. The summed E-state index contributed by atoms with van der Waals surface area (Å²) < 4.78 is 0. The number of benzene rings is 1. The number of hydrogen-bond donors (Lipinski definition) is 4. The van der Waals surface area contributed by atoms with E-state index in [2.05, 4.69) is 58.6 Å². The second-order valence-corrected chi connectivity index (χ2v) is 6.72. The topological polar surface area (TPSA) is 94.1 Å². The van der Waals surface area contributed by atoms with E-state index >= 15 is 0 Å². The Hall–Kier alpha value is -2.62. The van der Waals surface area contributed by atoms with Gasteiger partial charge in [-0.2, -0.15) is 5.26 Å². The lowest BCUT2D eigenvalue weighted by atomic mass is 9.95. The predicted octanol–water partition coefficient (Wildman–Crippen LogP) is -0.401. The maximum Gasteiger partial charge on any atom is 0.237 e. The third kappa shape index (κ3) is 3.96. The molecule has 1 atom stereocenters. The molecule has 1 aromatic heterocycles. The van der Waals surface area contributed by atoms with Gasteiger partial charge in [0.05, 0.1) is 25.2 Å². The van der Waals surface area contributed by atoms with Crippen LogP contribution in [0.25, 0.3) is 0 Å². The van der Waals surface area contributed by atoms with Gasteiger partial charge < -0.3 is 16.0 Å². The zero-order valence-corrected chi connectivity index (χ0v) is 15.5. The van der Waals surface area contributed by atoms with Gasteiger partial charge in [-0.15, -0.1) is 0 Å². The van der Waals surface area contributed by atoms with Crippen LogP contribution in [0.2, 0.25) is 0 Å². The van der Waals surface area contributed by atoms with Crippen molar-refractivity contribution in [1.82, 2.24) is 0 Å². The molecule has 0 radical (unpaired) electrons. The van der Waals surface area contributed by atoms with Gasteiger partial charge in [0.2, 0.25) is 11.6 Å². The summed E-state index contributed by atoms with van der Waals surface area (Å²) in [7, 11) is 0. The molecule has 2 aromatic rings. The monoisotopic (exact) mass is 353 g/mol. The summed E-state index contributed by atoms with van der Waals surface area (Å²) in [5.41, 5.74) is 8.32. The molecule has 2 heterocycles. The lowest BCUT2D eigenvalue weighted by Crippen LogP contribution is -3.11. The molecular weight excluding hydrogens is 324 g/mol. The molecule has 1 aromatic carbocycles. The second-order valence-electron chi connectivity index (χ2n) is 6.72. The second kappa shape index (κ2) is 8.65. The van der Waals surface area contributed by atoms with Crippen LogP contribution in [-0.2, 0) is 19.5 Å². The van der Waals surface area contributed by atoms with Crippen LogP contribution in [0.5, 0.6) is 0 Å². The predicted molar refractivity (Wildman–Crippen MR) is 102 cm³/mol. The molecule has 0 aliphatic carbocycles. The van der Waals surface area contributed by atoms with Crippen LogP contribution in [0.3, 0.4) is 0 Å². The summed E-state index contributed by atoms with van der Waals surface area (Å²) in [4.78, 5) is 5.01. The molecule has 0 saturated carbocycles. The third-order valence-electron chi connectivity index (χ3n) is 5.03. The first-order valence-corrected chi connectivity index (χ1v) is 9.42. The van der Waals surface area contributed by atoms with Gasteiger partial charge in [0, 0.05) is 6.42 Å². The van der Waals surface area contributed by atoms with Crippen LogP contribution >= 0.6 is 0 Å². The lowest BCUT2D eigenvalue weighted by molar-refractivity contribution is -0.914. The number of nitriles is 1. The van der Waals surface area contributed by atoms with Gasteiger partial charge in [0.15, 0.2) is 0 Å². The van der Waals surface area contributed by atoms with Crippen LogP contribution in [0.15, 0.2) is 30.3 Å². The quantitative estimate of drug-likeness (QED) is 0.546. The van der Waals surface area contributed by atoms with Crippen molar-refractivity contribution in [2.24, 2.45) is 0 Å². The maximum absolute atomic E-state index is 9.74. The fourth-order valence-corrected chi connectivity index (χ4v) is 3.54. The van der Waals surface area contributed by atoms with Crippen molar-refractivity contribution in [3.8, 4) is 6.07 Å². The van der Waals surface area contributed by atoms with Crippen LogP contribution < -0.4 is 26.3 Å². The van der Waals surface area contributed by atoms with Gasteiger partial charge in [0.1, 0.15) is 31.3 Å². The van der Waals surface area contributed by atoms with Crippen molar-refractivity contribution in [2.45, 2.75) is 26.4 Å². The minimum Gasteiger partial charge on any atom is -0.355 e. The minimum absolute atomic E-state index is 0.744. The molecule has 0 bridgehead atoms. The third-order valence-corrected chi connectivity index (χ3v) is 5.03. The van der Waals surface area contributed by atoms with Crippen molar-refractivity contribution in [3.63, 3.8) is 0 Å².